The molecule has 174 valence electrons. The minimum Gasteiger partial charge on any atom is -0.343 e. The van der Waals surface area contributed by atoms with Crippen LogP contribution in [-0.4, -0.2) is 71.9 Å². The summed E-state index contributed by atoms with van der Waals surface area (Å²) in [6.07, 6.45) is 0. The summed E-state index contributed by atoms with van der Waals surface area (Å²) in [6.45, 7) is 10.1. The third kappa shape index (κ3) is 4.86. The van der Waals surface area contributed by atoms with Gasteiger partial charge in [-0.05, 0) is 46.8 Å². The molecule has 2 amide bonds. The van der Waals surface area contributed by atoms with Crippen LogP contribution in [0.4, 0.5) is 0 Å². The van der Waals surface area contributed by atoms with Gasteiger partial charge in [0.2, 0.25) is 15.9 Å². The quantitative estimate of drug-likeness (QED) is 0.704. The number of nitrogens with one attached hydrogen (secondary N) is 1. The maximum atomic E-state index is 13.2. The third-order valence-corrected chi connectivity index (χ3v) is 7.80. The molecule has 1 aliphatic heterocycles. The third-order valence-electron chi connectivity index (χ3n) is 5.65. The zero-order valence-corrected chi connectivity index (χ0v) is 20.1. The van der Waals surface area contributed by atoms with Gasteiger partial charge in [-0.3, -0.25) is 14.3 Å². The molecule has 1 fully saturated rings. The number of piperazine rings is 1. The summed E-state index contributed by atoms with van der Waals surface area (Å²) in [5.41, 5.74) is 2.64. The Morgan fingerprint density at radius 1 is 1.03 bits per heavy atom. The number of nitrogens with zero attached hydrogens (tertiary/aromatic N) is 4. The standard InChI is InChI=1S/C22H31N5O4S/c1-15(2)27-18(5)21(17(4)24-27)32(30,31)26-12-10-25(11-13-26)20(28)14-23-22(29)19-8-6-16(3)7-9-19/h6-9,15H,10-14H2,1-5H3,(H,23,29). The van der Waals surface area contributed by atoms with Crippen molar-refractivity contribution in [3.05, 3.63) is 46.8 Å². The SMILES string of the molecule is Cc1ccc(C(=O)NCC(=O)N2CCN(S(=O)(=O)c3c(C)nn(C(C)C)c3C)CC2)cc1. The van der Waals surface area contributed by atoms with E-state index in [1.807, 2.05) is 32.9 Å². The van der Waals surface area contributed by atoms with Gasteiger partial charge in [0.25, 0.3) is 5.91 Å². The van der Waals surface area contributed by atoms with Gasteiger partial charge in [0.05, 0.1) is 17.9 Å². The summed E-state index contributed by atoms with van der Waals surface area (Å²) >= 11 is 0. The average Bonchev–Trinajstić information content (AvgIpc) is 3.07. The minimum absolute atomic E-state index is 0.0576. The number of carbonyl (C=O) groups excluding carboxylic acids is 2. The summed E-state index contributed by atoms with van der Waals surface area (Å²) in [5.74, 6) is -0.546. The number of hydrogen-bond acceptors (Lipinski definition) is 5. The predicted octanol–water partition coefficient (Wildman–Crippen LogP) is 1.65. The molecule has 0 spiro atoms. The highest BCUT2D eigenvalue weighted by atomic mass is 32.2. The lowest BCUT2D eigenvalue weighted by atomic mass is 10.1. The Bertz CT molecular complexity index is 1100. The molecule has 10 heteroatoms. The number of benzene rings is 1. The van der Waals surface area contributed by atoms with Crippen molar-refractivity contribution in [3.63, 3.8) is 0 Å². The number of aryl methyl sites for hydroxylation is 2. The molecule has 3 rings (SSSR count). The summed E-state index contributed by atoms with van der Waals surface area (Å²) in [4.78, 5) is 26.6. The van der Waals surface area contributed by atoms with Gasteiger partial charge in [0, 0.05) is 37.8 Å². The molecule has 1 aromatic heterocycles. The van der Waals surface area contributed by atoms with Crippen LogP contribution in [0.1, 0.15) is 47.2 Å². The highest BCUT2D eigenvalue weighted by molar-refractivity contribution is 7.89. The molecular weight excluding hydrogens is 430 g/mol. The van der Waals surface area contributed by atoms with Gasteiger partial charge >= 0.3 is 0 Å². The van der Waals surface area contributed by atoms with E-state index in [9.17, 15) is 18.0 Å². The molecule has 0 bridgehead atoms. The van der Waals surface area contributed by atoms with Crippen molar-refractivity contribution in [2.45, 2.75) is 45.6 Å². The highest BCUT2D eigenvalue weighted by Gasteiger charge is 2.34. The Morgan fingerprint density at radius 2 is 1.62 bits per heavy atom. The molecule has 0 saturated carbocycles. The highest BCUT2D eigenvalue weighted by Crippen LogP contribution is 2.26. The number of aromatic nitrogens is 2. The van der Waals surface area contributed by atoms with Crippen LogP contribution < -0.4 is 5.32 Å². The number of carbonyl (C=O) groups is 2. The number of sulfonamides is 1. The topological polar surface area (TPSA) is 105 Å². The molecule has 1 saturated heterocycles. The van der Waals surface area contributed by atoms with Crippen LogP contribution in [0.5, 0.6) is 0 Å². The molecule has 0 atom stereocenters. The first-order chi connectivity index (χ1) is 15.0. The molecule has 2 aromatic rings. The summed E-state index contributed by atoms with van der Waals surface area (Å²) < 4.78 is 29.6. The molecule has 32 heavy (non-hydrogen) atoms. The Hall–Kier alpha value is -2.72. The second kappa shape index (κ2) is 9.41. The molecule has 0 radical (unpaired) electrons. The Balaban J connectivity index is 1.59. The molecule has 1 aliphatic rings. The Kier molecular flexibility index (Phi) is 7.04. The van der Waals surface area contributed by atoms with Gasteiger partial charge < -0.3 is 10.2 Å². The lowest BCUT2D eigenvalue weighted by Crippen LogP contribution is -2.52. The van der Waals surface area contributed by atoms with Crippen molar-refractivity contribution >= 4 is 21.8 Å². The van der Waals surface area contributed by atoms with Crippen molar-refractivity contribution in [3.8, 4) is 0 Å². The molecule has 0 aliphatic carbocycles. The normalized spacial score (nSPS) is 15.2. The van der Waals surface area contributed by atoms with Crippen molar-refractivity contribution in [1.29, 1.82) is 0 Å². The van der Waals surface area contributed by atoms with Crippen LogP contribution in [0.15, 0.2) is 29.2 Å². The fourth-order valence-corrected chi connectivity index (χ4v) is 5.69. The van der Waals surface area contributed by atoms with E-state index in [1.54, 1.807) is 35.6 Å². The van der Waals surface area contributed by atoms with Crippen LogP contribution in [0.2, 0.25) is 0 Å². The smallest absolute Gasteiger partial charge is 0.251 e. The first kappa shape index (κ1) is 23.9. The van der Waals surface area contributed by atoms with Gasteiger partial charge in [-0.25, -0.2) is 8.42 Å². The Labute approximate surface area is 189 Å². The molecular formula is C22H31N5O4S. The van der Waals surface area contributed by atoms with E-state index in [-0.39, 0.29) is 55.5 Å². The van der Waals surface area contributed by atoms with Gasteiger partial charge in [-0.2, -0.15) is 9.40 Å². The van der Waals surface area contributed by atoms with Crippen LogP contribution in [-0.2, 0) is 14.8 Å². The zero-order chi connectivity index (χ0) is 23.6. The van der Waals surface area contributed by atoms with Gasteiger partial charge in [-0.1, -0.05) is 17.7 Å². The Morgan fingerprint density at radius 3 is 2.16 bits per heavy atom. The van der Waals surface area contributed by atoms with Gasteiger partial charge in [0.1, 0.15) is 4.90 Å². The van der Waals surface area contributed by atoms with Crippen molar-refractivity contribution < 1.29 is 18.0 Å². The minimum atomic E-state index is -3.71. The van der Waals surface area contributed by atoms with Gasteiger partial charge in [0.15, 0.2) is 0 Å². The van der Waals surface area contributed by atoms with Crippen molar-refractivity contribution in [1.82, 2.24) is 24.3 Å². The van der Waals surface area contributed by atoms with E-state index in [0.717, 1.165) is 5.56 Å². The van der Waals surface area contributed by atoms with Gasteiger partial charge in [-0.15, -0.1) is 0 Å². The molecule has 1 aromatic carbocycles. The maximum Gasteiger partial charge on any atom is 0.251 e. The fourth-order valence-electron chi connectivity index (χ4n) is 3.91. The van der Waals surface area contributed by atoms with E-state index in [2.05, 4.69) is 10.4 Å². The second-order valence-electron chi connectivity index (χ2n) is 8.37. The average molecular weight is 462 g/mol. The summed E-state index contributed by atoms with van der Waals surface area (Å²) in [6, 6.07) is 7.16. The lowest BCUT2D eigenvalue weighted by molar-refractivity contribution is -0.131. The molecule has 9 nitrogen and oxygen atoms in total. The van der Waals surface area contributed by atoms with E-state index >= 15 is 0 Å². The first-order valence-corrected chi connectivity index (χ1v) is 12.1. The van der Waals surface area contributed by atoms with E-state index in [4.69, 9.17) is 0 Å². The first-order valence-electron chi connectivity index (χ1n) is 10.7. The van der Waals surface area contributed by atoms with E-state index in [0.29, 0.717) is 17.0 Å². The van der Waals surface area contributed by atoms with Crippen molar-refractivity contribution in [2.24, 2.45) is 0 Å². The van der Waals surface area contributed by atoms with Crippen LogP contribution in [0, 0.1) is 20.8 Å². The van der Waals surface area contributed by atoms with Crippen molar-refractivity contribution in [2.75, 3.05) is 32.7 Å². The largest absolute Gasteiger partial charge is 0.343 e. The second-order valence-corrected chi connectivity index (χ2v) is 10.2. The van der Waals surface area contributed by atoms with E-state index < -0.39 is 10.0 Å². The predicted molar refractivity (Wildman–Crippen MR) is 121 cm³/mol. The number of amides is 2. The van der Waals surface area contributed by atoms with Crippen LogP contribution >= 0.6 is 0 Å². The van der Waals surface area contributed by atoms with Crippen LogP contribution in [0.3, 0.4) is 0 Å². The number of rotatable bonds is 6. The fraction of sp³-hybridized carbons (Fsp3) is 0.500. The summed E-state index contributed by atoms with van der Waals surface area (Å²) in [5, 5.41) is 7.03. The molecule has 0 unspecified atom stereocenters. The van der Waals surface area contributed by atoms with E-state index in [1.165, 1.54) is 4.31 Å². The van der Waals surface area contributed by atoms with Crippen LogP contribution in [0.25, 0.3) is 0 Å². The number of hydrogen-bond donors (Lipinski definition) is 1. The zero-order valence-electron chi connectivity index (χ0n) is 19.3. The maximum absolute atomic E-state index is 13.2. The molecule has 2 heterocycles. The lowest BCUT2D eigenvalue weighted by Gasteiger charge is -2.34. The monoisotopic (exact) mass is 461 g/mol. The molecule has 1 N–H and O–H groups in total. The summed E-state index contributed by atoms with van der Waals surface area (Å²) in [7, 11) is -3.71.